The molecule has 0 radical (unpaired) electrons. The summed E-state index contributed by atoms with van der Waals surface area (Å²) in [6.07, 6.45) is 4.97. The molecule has 136 valence electrons. The second kappa shape index (κ2) is 8.34. The van der Waals surface area contributed by atoms with Crippen LogP contribution in [-0.4, -0.2) is 41.0 Å². The Bertz CT molecular complexity index is 646. The molecule has 1 saturated heterocycles. The summed E-state index contributed by atoms with van der Waals surface area (Å²) in [5, 5.41) is 8.11. The summed E-state index contributed by atoms with van der Waals surface area (Å²) in [6.45, 7) is 7.32. The van der Waals surface area contributed by atoms with Gasteiger partial charge < -0.3 is 15.0 Å². The molecule has 1 unspecified atom stereocenters. The standard InChI is InChI=1S/C19H29N5O/c1-4-18(19-20-14-21-24(19)5-2)22-15-10-12-23(13-11-15)16-6-8-17(25-3)9-7-16/h6-9,14-15,18,22H,4-5,10-13H2,1-3H3. The lowest BCUT2D eigenvalue weighted by Crippen LogP contribution is -2.44. The van der Waals surface area contributed by atoms with Crippen LogP contribution in [-0.2, 0) is 6.54 Å². The molecule has 0 bridgehead atoms. The summed E-state index contributed by atoms with van der Waals surface area (Å²) in [4.78, 5) is 6.92. The highest BCUT2D eigenvalue weighted by molar-refractivity contribution is 5.49. The molecule has 0 saturated carbocycles. The van der Waals surface area contributed by atoms with Gasteiger partial charge in [-0.1, -0.05) is 6.92 Å². The van der Waals surface area contributed by atoms with E-state index in [1.807, 2.05) is 16.8 Å². The van der Waals surface area contributed by atoms with Crippen LogP contribution < -0.4 is 15.0 Å². The lowest BCUT2D eigenvalue weighted by molar-refractivity contribution is 0.347. The Hall–Kier alpha value is -2.08. The van der Waals surface area contributed by atoms with Crippen molar-refractivity contribution in [2.24, 2.45) is 0 Å². The Morgan fingerprint density at radius 2 is 1.92 bits per heavy atom. The van der Waals surface area contributed by atoms with Crippen molar-refractivity contribution in [3.63, 3.8) is 0 Å². The van der Waals surface area contributed by atoms with Crippen molar-refractivity contribution in [2.45, 2.75) is 51.7 Å². The lowest BCUT2D eigenvalue weighted by atomic mass is 10.0. The molecule has 2 heterocycles. The first-order valence-corrected chi connectivity index (χ1v) is 9.27. The number of aromatic nitrogens is 3. The molecule has 1 aliphatic heterocycles. The average molecular weight is 343 g/mol. The first-order valence-electron chi connectivity index (χ1n) is 9.27. The molecule has 6 nitrogen and oxygen atoms in total. The maximum atomic E-state index is 5.24. The smallest absolute Gasteiger partial charge is 0.143 e. The number of aryl methyl sites for hydroxylation is 1. The van der Waals surface area contributed by atoms with E-state index in [4.69, 9.17) is 4.74 Å². The first-order chi connectivity index (χ1) is 12.2. The van der Waals surface area contributed by atoms with E-state index >= 15 is 0 Å². The number of hydrogen-bond acceptors (Lipinski definition) is 5. The quantitative estimate of drug-likeness (QED) is 0.837. The van der Waals surface area contributed by atoms with Crippen LogP contribution in [0.5, 0.6) is 5.75 Å². The topological polar surface area (TPSA) is 55.2 Å². The van der Waals surface area contributed by atoms with Crippen molar-refractivity contribution in [3.8, 4) is 5.75 Å². The lowest BCUT2D eigenvalue weighted by Gasteiger charge is -2.35. The number of ether oxygens (including phenoxy) is 1. The zero-order valence-corrected chi connectivity index (χ0v) is 15.5. The van der Waals surface area contributed by atoms with Gasteiger partial charge in [-0.3, -0.25) is 0 Å². The summed E-state index contributed by atoms with van der Waals surface area (Å²) < 4.78 is 7.24. The number of anilines is 1. The molecule has 25 heavy (non-hydrogen) atoms. The molecule has 1 N–H and O–H groups in total. The van der Waals surface area contributed by atoms with E-state index in [-0.39, 0.29) is 6.04 Å². The highest BCUT2D eigenvalue weighted by Gasteiger charge is 2.24. The van der Waals surface area contributed by atoms with Gasteiger partial charge in [-0.25, -0.2) is 9.67 Å². The third-order valence-corrected chi connectivity index (χ3v) is 5.03. The van der Waals surface area contributed by atoms with Crippen molar-refractivity contribution in [1.29, 1.82) is 0 Å². The average Bonchev–Trinajstić information content (AvgIpc) is 3.15. The van der Waals surface area contributed by atoms with Crippen LogP contribution in [0, 0.1) is 0 Å². The molecule has 1 aromatic carbocycles. The highest BCUT2D eigenvalue weighted by atomic mass is 16.5. The Kier molecular flexibility index (Phi) is 5.91. The summed E-state index contributed by atoms with van der Waals surface area (Å²) in [6, 6.07) is 9.16. The summed E-state index contributed by atoms with van der Waals surface area (Å²) in [5.41, 5.74) is 1.28. The third kappa shape index (κ3) is 4.12. The van der Waals surface area contributed by atoms with E-state index in [1.54, 1.807) is 13.4 Å². The van der Waals surface area contributed by atoms with Gasteiger partial charge in [0, 0.05) is 31.4 Å². The second-order valence-corrected chi connectivity index (χ2v) is 6.52. The minimum atomic E-state index is 0.278. The maximum Gasteiger partial charge on any atom is 0.143 e. The molecule has 6 heteroatoms. The summed E-state index contributed by atoms with van der Waals surface area (Å²) >= 11 is 0. The van der Waals surface area contributed by atoms with Crippen LogP contribution in [0.3, 0.4) is 0 Å². The molecule has 0 amide bonds. The van der Waals surface area contributed by atoms with Gasteiger partial charge in [0.25, 0.3) is 0 Å². The second-order valence-electron chi connectivity index (χ2n) is 6.52. The fourth-order valence-corrected chi connectivity index (χ4v) is 3.54. The monoisotopic (exact) mass is 343 g/mol. The van der Waals surface area contributed by atoms with E-state index in [1.165, 1.54) is 5.69 Å². The van der Waals surface area contributed by atoms with Gasteiger partial charge >= 0.3 is 0 Å². The van der Waals surface area contributed by atoms with Crippen molar-refractivity contribution in [3.05, 3.63) is 36.4 Å². The van der Waals surface area contributed by atoms with Gasteiger partial charge in [-0.15, -0.1) is 0 Å². The minimum Gasteiger partial charge on any atom is -0.497 e. The number of nitrogens with zero attached hydrogens (tertiary/aromatic N) is 4. The van der Waals surface area contributed by atoms with E-state index in [2.05, 4.69) is 46.3 Å². The molecule has 2 aromatic rings. The van der Waals surface area contributed by atoms with Crippen LogP contribution in [0.25, 0.3) is 0 Å². The Balaban J connectivity index is 1.56. The van der Waals surface area contributed by atoms with Gasteiger partial charge in [0.05, 0.1) is 13.2 Å². The maximum absolute atomic E-state index is 5.24. The minimum absolute atomic E-state index is 0.278. The molecule has 1 fully saturated rings. The molecule has 0 aliphatic carbocycles. The van der Waals surface area contributed by atoms with Crippen molar-refractivity contribution in [1.82, 2.24) is 20.1 Å². The predicted octanol–water partition coefficient (Wildman–Crippen LogP) is 3.02. The van der Waals surface area contributed by atoms with E-state index in [0.29, 0.717) is 6.04 Å². The van der Waals surface area contributed by atoms with E-state index < -0.39 is 0 Å². The number of hydrogen-bond donors (Lipinski definition) is 1. The summed E-state index contributed by atoms with van der Waals surface area (Å²) in [5.74, 6) is 1.97. The van der Waals surface area contributed by atoms with Gasteiger partial charge in [-0.05, 0) is 50.5 Å². The summed E-state index contributed by atoms with van der Waals surface area (Å²) in [7, 11) is 1.70. The molecule has 1 aliphatic rings. The predicted molar refractivity (Wildman–Crippen MR) is 100 cm³/mol. The van der Waals surface area contributed by atoms with Crippen LogP contribution in [0.1, 0.15) is 45.0 Å². The molecule has 3 rings (SSSR count). The van der Waals surface area contributed by atoms with E-state index in [0.717, 1.165) is 50.5 Å². The Labute approximate surface area is 150 Å². The van der Waals surface area contributed by atoms with Crippen LogP contribution >= 0.6 is 0 Å². The van der Waals surface area contributed by atoms with Crippen LogP contribution in [0.15, 0.2) is 30.6 Å². The van der Waals surface area contributed by atoms with Crippen molar-refractivity contribution in [2.75, 3.05) is 25.1 Å². The zero-order valence-electron chi connectivity index (χ0n) is 15.5. The molecule has 1 aromatic heterocycles. The van der Waals surface area contributed by atoms with Gasteiger partial charge in [-0.2, -0.15) is 5.10 Å². The van der Waals surface area contributed by atoms with Gasteiger partial charge in [0.2, 0.25) is 0 Å². The molecular weight excluding hydrogens is 314 g/mol. The zero-order chi connectivity index (χ0) is 17.6. The SMILES string of the molecule is CCC(NC1CCN(c2ccc(OC)cc2)CC1)c1ncnn1CC. The highest BCUT2D eigenvalue weighted by Crippen LogP contribution is 2.24. The van der Waals surface area contributed by atoms with Crippen LogP contribution in [0.4, 0.5) is 5.69 Å². The number of piperidine rings is 1. The Morgan fingerprint density at radius 3 is 2.52 bits per heavy atom. The number of nitrogens with one attached hydrogen (secondary N) is 1. The Morgan fingerprint density at radius 1 is 1.20 bits per heavy atom. The van der Waals surface area contributed by atoms with E-state index in [9.17, 15) is 0 Å². The van der Waals surface area contributed by atoms with Gasteiger partial charge in [0.1, 0.15) is 17.9 Å². The fourth-order valence-electron chi connectivity index (χ4n) is 3.54. The molecule has 1 atom stereocenters. The number of rotatable bonds is 7. The largest absolute Gasteiger partial charge is 0.497 e. The number of benzene rings is 1. The number of methoxy groups -OCH3 is 1. The normalized spacial score (nSPS) is 16.8. The van der Waals surface area contributed by atoms with Crippen molar-refractivity contribution >= 4 is 5.69 Å². The first kappa shape index (κ1) is 17.7. The molecule has 0 spiro atoms. The van der Waals surface area contributed by atoms with Crippen LogP contribution in [0.2, 0.25) is 0 Å². The fraction of sp³-hybridized carbons (Fsp3) is 0.579. The third-order valence-electron chi connectivity index (χ3n) is 5.03. The molecular formula is C19H29N5O. The van der Waals surface area contributed by atoms with Crippen molar-refractivity contribution < 1.29 is 4.74 Å². The van der Waals surface area contributed by atoms with Gasteiger partial charge in [0.15, 0.2) is 0 Å².